The van der Waals surface area contributed by atoms with Crippen LogP contribution in [0, 0.1) is 6.92 Å². The van der Waals surface area contributed by atoms with Gasteiger partial charge in [-0.3, -0.25) is 9.78 Å². The van der Waals surface area contributed by atoms with E-state index in [4.69, 9.17) is 4.74 Å². The lowest BCUT2D eigenvalue weighted by Gasteiger charge is -2.12. The van der Waals surface area contributed by atoms with E-state index in [1.807, 2.05) is 0 Å². The molecule has 0 aromatic carbocycles. The highest BCUT2D eigenvalue weighted by molar-refractivity contribution is 5.73. The molecule has 0 aliphatic carbocycles. The third kappa shape index (κ3) is 3.12. The summed E-state index contributed by atoms with van der Waals surface area (Å²) in [5.41, 5.74) is 0.432. The Morgan fingerprint density at radius 1 is 1.47 bits per heavy atom. The maximum Gasteiger partial charge on any atom is 0.310 e. The molecule has 0 spiro atoms. The molecule has 1 aromatic rings. The maximum absolute atomic E-state index is 12.5. The van der Waals surface area contributed by atoms with E-state index in [9.17, 15) is 13.6 Å². The van der Waals surface area contributed by atoms with E-state index in [0.717, 1.165) is 6.07 Å². The minimum Gasteiger partial charge on any atom is -0.496 e. The summed E-state index contributed by atoms with van der Waals surface area (Å²) in [5.74, 6) is -0.254. The van der Waals surface area contributed by atoms with Gasteiger partial charge in [-0.05, 0) is 6.92 Å². The molecule has 0 atom stereocenters. The Kier molecular flexibility index (Phi) is 4.37. The van der Waals surface area contributed by atoms with E-state index in [0.29, 0.717) is 11.3 Å². The molecule has 4 nitrogen and oxygen atoms in total. The summed E-state index contributed by atoms with van der Waals surface area (Å²) in [5, 5.41) is 0. The van der Waals surface area contributed by atoms with Crippen LogP contribution < -0.4 is 4.74 Å². The molecular weight excluding hydrogens is 232 g/mol. The zero-order valence-electron chi connectivity index (χ0n) is 9.79. The van der Waals surface area contributed by atoms with Gasteiger partial charge in [-0.1, -0.05) is 0 Å². The van der Waals surface area contributed by atoms with Crippen molar-refractivity contribution in [3.63, 3.8) is 0 Å². The molecule has 0 radical (unpaired) electrons. The van der Waals surface area contributed by atoms with Crippen molar-refractivity contribution in [2.75, 3.05) is 14.2 Å². The van der Waals surface area contributed by atoms with Gasteiger partial charge in [0.25, 0.3) is 6.43 Å². The smallest absolute Gasteiger partial charge is 0.310 e. The third-order valence-electron chi connectivity index (χ3n) is 2.30. The molecule has 1 aromatic heterocycles. The quantitative estimate of drug-likeness (QED) is 0.762. The monoisotopic (exact) mass is 245 g/mol. The predicted octanol–water partition coefficient (Wildman–Crippen LogP) is 2.05. The summed E-state index contributed by atoms with van der Waals surface area (Å²) < 4.78 is 34.5. The van der Waals surface area contributed by atoms with Crippen LogP contribution in [0.1, 0.15) is 23.4 Å². The molecule has 0 amide bonds. The summed E-state index contributed by atoms with van der Waals surface area (Å²) in [4.78, 5) is 14.9. The van der Waals surface area contributed by atoms with Gasteiger partial charge in [-0.2, -0.15) is 0 Å². The van der Waals surface area contributed by atoms with Crippen LogP contribution in [-0.2, 0) is 16.0 Å². The van der Waals surface area contributed by atoms with E-state index in [2.05, 4.69) is 9.72 Å². The first-order valence-corrected chi connectivity index (χ1v) is 4.89. The largest absolute Gasteiger partial charge is 0.496 e. The fourth-order valence-electron chi connectivity index (χ4n) is 1.42. The average Bonchev–Trinajstić information content (AvgIpc) is 2.30. The number of pyridine rings is 1. The van der Waals surface area contributed by atoms with Crippen LogP contribution in [0.5, 0.6) is 5.75 Å². The standard InChI is InChI=1S/C11H13F2NO3/c1-6-7(4-10(15)17-3)9(16-2)5-8(14-6)11(12)13/h5,11H,4H2,1-3H3. The molecule has 0 fully saturated rings. The van der Waals surface area contributed by atoms with Crippen molar-refractivity contribution >= 4 is 5.97 Å². The SMILES string of the molecule is COC(=O)Cc1c(OC)cc(C(F)F)nc1C. The Hall–Kier alpha value is -1.72. The van der Waals surface area contributed by atoms with Gasteiger partial charge < -0.3 is 9.47 Å². The van der Waals surface area contributed by atoms with Crippen molar-refractivity contribution in [3.05, 3.63) is 23.0 Å². The molecule has 1 heterocycles. The molecule has 0 aliphatic heterocycles. The van der Waals surface area contributed by atoms with Gasteiger partial charge >= 0.3 is 5.97 Å². The lowest BCUT2D eigenvalue weighted by Crippen LogP contribution is -2.09. The highest BCUT2D eigenvalue weighted by Gasteiger charge is 2.18. The lowest BCUT2D eigenvalue weighted by atomic mass is 10.1. The first-order chi connectivity index (χ1) is 7.99. The fraction of sp³-hybridized carbons (Fsp3) is 0.455. The van der Waals surface area contributed by atoms with Gasteiger partial charge in [0.1, 0.15) is 11.4 Å². The molecule has 0 unspecified atom stereocenters. The van der Waals surface area contributed by atoms with Gasteiger partial charge in [0.15, 0.2) is 0 Å². The van der Waals surface area contributed by atoms with Crippen molar-refractivity contribution in [1.82, 2.24) is 4.98 Å². The average molecular weight is 245 g/mol. The van der Waals surface area contributed by atoms with Crippen molar-refractivity contribution in [1.29, 1.82) is 0 Å². The van der Waals surface area contributed by atoms with Gasteiger partial charge in [-0.25, -0.2) is 8.78 Å². The number of hydrogen-bond acceptors (Lipinski definition) is 4. The summed E-state index contributed by atoms with van der Waals surface area (Å²) >= 11 is 0. The normalized spacial score (nSPS) is 10.5. The second-order valence-corrected chi connectivity index (χ2v) is 3.37. The number of aryl methyl sites for hydroxylation is 1. The third-order valence-corrected chi connectivity index (χ3v) is 2.30. The predicted molar refractivity (Wildman–Crippen MR) is 56.2 cm³/mol. The van der Waals surface area contributed by atoms with Crippen LogP contribution in [0.25, 0.3) is 0 Å². The number of ether oxygens (including phenoxy) is 2. The molecule has 0 aliphatic rings. The number of nitrogens with zero attached hydrogens (tertiary/aromatic N) is 1. The summed E-state index contributed by atoms with van der Waals surface area (Å²) in [6, 6.07) is 1.13. The van der Waals surface area contributed by atoms with E-state index >= 15 is 0 Å². The topological polar surface area (TPSA) is 48.4 Å². The second-order valence-electron chi connectivity index (χ2n) is 3.37. The highest BCUT2D eigenvalue weighted by Crippen LogP contribution is 2.27. The van der Waals surface area contributed by atoms with Crippen molar-refractivity contribution < 1.29 is 23.0 Å². The molecule has 17 heavy (non-hydrogen) atoms. The van der Waals surface area contributed by atoms with Crippen LogP contribution in [0.2, 0.25) is 0 Å². The van der Waals surface area contributed by atoms with Crippen molar-refractivity contribution in [2.45, 2.75) is 19.8 Å². The lowest BCUT2D eigenvalue weighted by molar-refractivity contribution is -0.139. The number of methoxy groups -OCH3 is 2. The van der Waals surface area contributed by atoms with Crippen LogP contribution in [0.3, 0.4) is 0 Å². The number of aromatic nitrogens is 1. The maximum atomic E-state index is 12.5. The van der Waals surface area contributed by atoms with Crippen LogP contribution in [0.4, 0.5) is 8.78 Å². The number of carbonyl (C=O) groups is 1. The molecule has 6 heteroatoms. The van der Waals surface area contributed by atoms with E-state index in [1.54, 1.807) is 6.92 Å². The number of hydrogen-bond donors (Lipinski definition) is 0. The van der Waals surface area contributed by atoms with Gasteiger partial charge in [0.05, 0.1) is 20.6 Å². The number of rotatable bonds is 4. The molecule has 1 rings (SSSR count). The first kappa shape index (κ1) is 13.3. The summed E-state index contributed by atoms with van der Waals surface area (Å²) in [7, 11) is 2.61. The molecule has 94 valence electrons. The summed E-state index contributed by atoms with van der Waals surface area (Å²) in [6.45, 7) is 1.55. The second kappa shape index (κ2) is 5.56. The van der Waals surface area contributed by atoms with Gasteiger partial charge in [-0.15, -0.1) is 0 Å². The van der Waals surface area contributed by atoms with Gasteiger partial charge in [0.2, 0.25) is 0 Å². The Morgan fingerprint density at radius 2 is 2.12 bits per heavy atom. The molecule has 0 saturated carbocycles. The number of carbonyl (C=O) groups excluding carboxylic acids is 1. The minimum absolute atomic E-state index is 0.0535. The summed E-state index contributed by atoms with van der Waals surface area (Å²) in [6.07, 6.45) is -2.73. The van der Waals surface area contributed by atoms with E-state index in [1.165, 1.54) is 14.2 Å². The number of esters is 1. The first-order valence-electron chi connectivity index (χ1n) is 4.89. The zero-order valence-corrected chi connectivity index (χ0v) is 9.79. The number of halogens is 2. The van der Waals surface area contributed by atoms with E-state index < -0.39 is 12.4 Å². The molecule has 0 bridgehead atoms. The Morgan fingerprint density at radius 3 is 2.59 bits per heavy atom. The molecular formula is C11H13F2NO3. The van der Waals surface area contributed by atoms with Crippen LogP contribution >= 0.6 is 0 Å². The van der Waals surface area contributed by atoms with Crippen molar-refractivity contribution in [3.8, 4) is 5.75 Å². The zero-order chi connectivity index (χ0) is 13.0. The molecule has 0 N–H and O–H groups in total. The van der Waals surface area contributed by atoms with Crippen LogP contribution in [-0.4, -0.2) is 25.2 Å². The minimum atomic E-state index is -2.67. The van der Waals surface area contributed by atoms with Gasteiger partial charge in [0, 0.05) is 17.3 Å². The fourth-order valence-corrected chi connectivity index (χ4v) is 1.42. The Labute approximate surface area is 97.6 Å². The Balaban J connectivity index is 3.16. The highest BCUT2D eigenvalue weighted by atomic mass is 19.3. The molecule has 0 saturated heterocycles. The van der Waals surface area contributed by atoms with Crippen molar-refractivity contribution in [2.24, 2.45) is 0 Å². The van der Waals surface area contributed by atoms with Crippen LogP contribution in [0.15, 0.2) is 6.07 Å². The Bertz CT molecular complexity index is 421. The van der Waals surface area contributed by atoms with E-state index in [-0.39, 0.29) is 17.9 Å². The number of alkyl halides is 2.